The second-order valence-corrected chi connectivity index (χ2v) is 7.25. The molecule has 1 aromatic carbocycles. The van der Waals surface area contributed by atoms with E-state index in [-0.39, 0.29) is 5.91 Å². The Bertz CT molecular complexity index is 853. The van der Waals surface area contributed by atoms with Crippen LogP contribution in [-0.4, -0.2) is 16.9 Å². The highest BCUT2D eigenvalue weighted by Crippen LogP contribution is 2.47. The van der Waals surface area contributed by atoms with Crippen LogP contribution in [0.25, 0.3) is 5.70 Å². The molecular formula is C20H22N4O. The number of nitrogens with one attached hydrogen (secondary N) is 1. The van der Waals surface area contributed by atoms with Crippen LogP contribution >= 0.6 is 0 Å². The van der Waals surface area contributed by atoms with E-state index >= 15 is 0 Å². The van der Waals surface area contributed by atoms with Crippen molar-refractivity contribution in [3.05, 3.63) is 60.1 Å². The molecular weight excluding hydrogens is 312 g/mol. The lowest BCUT2D eigenvalue weighted by Gasteiger charge is -2.19. The van der Waals surface area contributed by atoms with Gasteiger partial charge in [0, 0.05) is 29.7 Å². The SMILES string of the molecule is CC1(C)C(=O)N(C2CC2)c2cc(/C(N)=C/Nc3cccnc3)ccc21. The minimum Gasteiger partial charge on any atom is -0.397 e. The van der Waals surface area contributed by atoms with Gasteiger partial charge in [-0.15, -0.1) is 0 Å². The number of rotatable bonds is 4. The van der Waals surface area contributed by atoms with Gasteiger partial charge in [0.25, 0.3) is 0 Å². The Labute approximate surface area is 147 Å². The first-order valence-electron chi connectivity index (χ1n) is 8.59. The predicted molar refractivity (Wildman–Crippen MR) is 100 cm³/mol. The average molecular weight is 334 g/mol. The lowest BCUT2D eigenvalue weighted by molar-refractivity contribution is -0.122. The van der Waals surface area contributed by atoms with Crippen molar-refractivity contribution in [2.75, 3.05) is 10.2 Å². The number of amides is 1. The Morgan fingerprint density at radius 1 is 1.36 bits per heavy atom. The van der Waals surface area contributed by atoms with Crippen molar-refractivity contribution >= 4 is 23.0 Å². The molecule has 1 amide bonds. The van der Waals surface area contributed by atoms with Gasteiger partial charge in [-0.05, 0) is 50.5 Å². The third kappa shape index (κ3) is 2.65. The number of anilines is 2. The number of aromatic nitrogens is 1. The van der Waals surface area contributed by atoms with Gasteiger partial charge in [0.05, 0.1) is 23.0 Å². The van der Waals surface area contributed by atoms with E-state index in [0.29, 0.717) is 11.7 Å². The van der Waals surface area contributed by atoms with Gasteiger partial charge in [0.15, 0.2) is 0 Å². The number of fused-ring (bicyclic) bond motifs is 1. The molecule has 5 nitrogen and oxygen atoms in total. The third-order valence-electron chi connectivity index (χ3n) is 4.99. The fourth-order valence-electron chi connectivity index (χ4n) is 3.35. The predicted octanol–water partition coefficient (Wildman–Crippen LogP) is 3.24. The minimum atomic E-state index is -0.469. The number of hydrogen-bond donors (Lipinski definition) is 2. The van der Waals surface area contributed by atoms with Crippen LogP contribution in [0.3, 0.4) is 0 Å². The fraction of sp³-hybridized carbons (Fsp3) is 0.300. The quantitative estimate of drug-likeness (QED) is 0.900. The highest BCUT2D eigenvalue weighted by Gasteiger charge is 2.48. The fourth-order valence-corrected chi connectivity index (χ4v) is 3.35. The summed E-state index contributed by atoms with van der Waals surface area (Å²) < 4.78 is 0. The van der Waals surface area contributed by atoms with Crippen molar-refractivity contribution in [3.8, 4) is 0 Å². The summed E-state index contributed by atoms with van der Waals surface area (Å²) in [7, 11) is 0. The largest absolute Gasteiger partial charge is 0.397 e. The number of benzene rings is 1. The normalized spacial score (nSPS) is 19.0. The lowest BCUT2D eigenvalue weighted by Crippen LogP contribution is -2.37. The zero-order valence-corrected chi connectivity index (χ0v) is 14.5. The smallest absolute Gasteiger partial charge is 0.237 e. The maximum atomic E-state index is 12.8. The molecule has 0 unspecified atom stereocenters. The van der Waals surface area contributed by atoms with E-state index in [1.165, 1.54) is 0 Å². The minimum absolute atomic E-state index is 0.193. The number of nitrogens with two attached hydrogens (primary N) is 1. The van der Waals surface area contributed by atoms with Crippen molar-refractivity contribution in [3.63, 3.8) is 0 Å². The van der Waals surface area contributed by atoms with Gasteiger partial charge in [-0.3, -0.25) is 9.78 Å². The number of carbonyl (C=O) groups excluding carboxylic acids is 1. The van der Waals surface area contributed by atoms with E-state index in [9.17, 15) is 4.79 Å². The van der Waals surface area contributed by atoms with Crippen molar-refractivity contribution in [1.82, 2.24) is 4.98 Å². The summed E-state index contributed by atoms with van der Waals surface area (Å²) in [6, 6.07) is 10.2. The first kappa shape index (κ1) is 15.7. The summed E-state index contributed by atoms with van der Waals surface area (Å²) in [4.78, 5) is 18.9. The Kier molecular flexibility index (Phi) is 3.53. The number of pyridine rings is 1. The van der Waals surface area contributed by atoms with Crippen molar-refractivity contribution in [2.24, 2.45) is 5.73 Å². The van der Waals surface area contributed by atoms with Crippen LogP contribution in [-0.2, 0) is 10.2 Å². The van der Waals surface area contributed by atoms with Crippen LogP contribution in [0.5, 0.6) is 0 Å². The molecule has 0 bridgehead atoms. The highest BCUT2D eigenvalue weighted by molar-refractivity contribution is 6.08. The van der Waals surface area contributed by atoms with Crippen LogP contribution in [0.15, 0.2) is 48.9 Å². The number of hydrogen-bond acceptors (Lipinski definition) is 4. The van der Waals surface area contributed by atoms with Gasteiger partial charge in [0.1, 0.15) is 0 Å². The van der Waals surface area contributed by atoms with Crippen LogP contribution in [0.2, 0.25) is 0 Å². The van der Waals surface area contributed by atoms with Crippen molar-refractivity contribution in [2.45, 2.75) is 38.1 Å². The summed E-state index contributed by atoms with van der Waals surface area (Å²) in [5.41, 5.74) is 10.3. The van der Waals surface area contributed by atoms with Gasteiger partial charge in [-0.25, -0.2) is 0 Å². The summed E-state index contributed by atoms with van der Waals surface area (Å²) in [5.74, 6) is 0.193. The van der Waals surface area contributed by atoms with Crippen LogP contribution in [0.1, 0.15) is 37.8 Å². The molecule has 25 heavy (non-hydrogen) atoms. The molecule has 0 saturated heterocycles. The van der Waals surface area contributed by atoms with Gasteiger partial charge >= 0.3 is 0 Å². The van der Waals surface area contributed by atoms with Crippen LogP contribution in [0.4, 0.5) is 11.4 Å². The Hall–Kier alpha value is -2.82. The van der Waals surface area contributed by atoms with E-state index < -0.39 is 5.41 Å². The van der Waals surface area contributed by atoms with E-state index in [1.807, 2.05) is 49.1 Å². The number of carbonyl (C=O) groups is 1. The lowest BCUT2D eigenvalue weighted by atomic mass is 9.86. The molecule has 4 rings (SSSR count). The zero-order chi connectivity index (χ0) is 17.6. The van der Waals surface area contributed by atoms with Crippen LogP contribution in [0, 0.1) is 0 Å². The zero-order valence-electron chi connectivity index (χ0n) is 14.5. The molecule has 1 aliphatic carbocycles. The molecule has 2 aliphatic rings. The van der Waals surface area contributed by atoms with E-state index in [4.69, 9.17) is 5.73 Å². The Morgan fingerprint density at radius 3 is 2.84 bits per heavy atom. The summed E-state index contributed by atoms with van der Waals surface area (Å²) in [6.45, 7) is 4.00. The first-order chi connectivity index (χ1) is 12.0. The van der Waals surface area contributed by atoms with Gasteiger partial charge in [0.2, 0.25) is 5.91 Å². The van der Waals surface area contributed by atoms with E-state index in [2.05, 4.69) is 10.3 Å². The second-order valence-electron chi connectivity index (χ2n) is 7.25. The van der Waals surface area contributed by atoms with Crippen LogP contribution < -0.4 is 16.0 Å². The number of nitrogens with zero attached hydrogens (tertiary/aromatic N) is 2. The molecule has 1 aromatic heterocycles. The molecule has 2 aromatic rings. The summed E-state index contributed by atoms with van der Waals surface area (Å²) >= 11 is 0. The monoisotopic (exact) mass is 334 g/mol. The maximum Gasteiger partial charge on any atom is 0.237 e. The molecule has 1 fully saturated rings. The maximum absolute atomic E-state index is 12.8. The summed E-state index contributed by atoms with van der Waals surface area (Å²) in [6.07, 6.45) is 7.40. The molecule has 2 heterocycles. The van der Waals surface area contributed by atoms with E-state index in [0.717, 1.165) is 35.3 Å². The molecule has 0 radical (unpaired) electrons. The Morgan fingerprint density at radius 2 is 2.16 bits per heavy atom. The van der Waals surface area contributed by atoms with Gasteiger partial charge < -0.3 is 16.0 Å². The van der Waals surface area contributed by atoms with Crippen molar-refractivity contribution in [1.29, 1.82) is 0 Å². The molecule has 0 spiro atoms. The Balaban J connectivity index is 1.66. The molecule has 3 N–H and O–H groups in total. The average Bonchev–Trinajstić information content (AvgIpc) is 3.42. The van der Waals surface area contributed by atoms with Gasteiger partial charge in [-0.2, -0.15) is 0 Å². The topological polar surface area (TPSA) is 71.2 Å². The first-order valence-corrected chi connectivity index (χ1v) is 8.59. The third-order valence-corrected chi connectivity index (χ3v) is 4.99. The van der Waals surface area contributed by atoms with Gasteiger partial charge in [-0.1, -0.05) is 12.1 Å². The van der Waals surface area contributed by atoms with E-state index in [1.54, 1.807) is 18.6 Å². The molecule has 1 aliphatic heterocycles. The second kappa shape index (κ2) is 5.62. The molecule has 1 saturated carbocycles. The molecule has 128 valence electrons. The van der Waals surface area contributed by atoms with Crippen molar-refractivity contribution < 1.29 is 4.79 Å². The summed E-state index contributed by atoms with van der Waals surface area (Å²) in [5, 5.41) is 3.15. The highest BCUT2D eigenvalue weighted by atomic mass is 16.2. The standard InChI is InChI=1S/C20H22N4O/c1-20(2)16-8-5-13(10-18(16)24(19(20)25)15-6-7-15)17(21)12-23-14-4-3-9-22-11-14/h3-5,8-12,15,23H,6-7,21H2,1-2H3/b17-12-. The molecule has 0 atom stereocenters. The molecule has 5 heteroatoms.